The number of methoxy groups -OCH3 is 1. The van der Waals surface area contributed by atoms with Gasteiger partial charge in [0.25, 0.3) is 0 Å². The molecule has 0 radical (unpaired) electrons. The monoisotopic (exact) mass is 374 g/mol. The van der Waals surface area contributed by atoms with Crippen molar-refractivity contribution in [1.29, 1.82) is 0 Å². The highest BCUT2D eigenvalue weighted by Crippen LogP contribution is 2.37. The Morgan fingerprint density at radius 2 is 1.62 bits per heavy atom. The molecule has 0 aliphatic carbocycles. The van der Waals surface area contributed by atoms with E-state index in [1.54, 1.807) is 0 Å². The molecule has 26 heavy (non-hydrogen) atoms. The first-order valence-corrected chi connectivity index (χ1v) is 7.34. The van der Waals surface area contributed by atoms with E-state index in [2.05, 4.69) is 4.98 Å². The molecule has 0 saturated heterocycles. The molecule has 0 N–H and O–H groups in total. The van der Waals surface area contributed by atoms with E-state index in [4.69, 9.17) is 4.74 Å². The molecule has 0 aliphatic rings. The predicted octanol–water partition coefficient (Wildman–Crippen LogP) is 5.38. The maximum Gasteiger partial charge on any atom is 0.450 e. The van der Waals surface area contributed by atoms with Crippen LogP contribution in [0.15, 0.2) is 36.4 Å². The molecule has 3 nitrogen and oxygen atoms in total. The number of hydrogen-bond acceptors (Lipinski definition) is 2. The number of halogens is 6. The van der Waals surface area contributed by atoms with E-state index >= 15 is 0 Å². The number of alkyl halides is 6. The lowest BCUT2D eigenvalue weighted by molar-refractivity contribution is -0.145. The molecule has 3 aromatic rings. The summed E-state index contributed by atoms with van der Waals surface area (Å²) < 4.78 is 85.1. The van der Waals surface area contributed by atoms with Gasteiger partial charge in [0.05, 0.1) is 29.4 Å². The Kier molecular flexibility index (Phi) is 4.12. The summed E-state index contributed by atoms with van der Waals surface area (Å²) in [5, 5.41) is 0. The minimum atomic E-state index is -4.84. The van der Waals surface area contributed by atoms with Crippen LogP contribution >= 0.6 is 0 Å². The fraction of sp³-hybridized carbons (Fsp3) is 0.235. The summed E-state index contributed by atoms with van der Waals surface area (Å²) in [6, 6.07) is 6.59. The maximum absolute atomic E-state index is 13.5. The number of aromatic nitrogens is 2. The van der Waals surface area contributed by atoms with Crippen molar-refractivity contribution in [1.82, 2.24) is 9.55 Å². The summed E-state index contributed by atoms with van der Waals surface area (Å²) in [7, 11) is 1.40. The molecule has 9 heteroatoms. The molecule has 0 fully saturated rings. The predicted molar refractivity (Wildman–Crippen MR) is 82.4 cm³/mol. The van der Waals surface area contributed by atoms with Crippen molar-refractivity contribution >= 4 is 11.0 Å². The van der Waals surface area contributed by atoms with Crippen LogP contribution in [0.1, 0.15) is 17.0 Å². The smallest absolute Gasteiger partial charge is 0.450 e. The van der Waals surface area contributed by atoms with Crippen LogP contribution in [0.4, 0.5) is 26.3 Å². The average Bonchev–Trinajstić information content (AvgIpc) is 2.92. The van der Waals surface area contributed by atoms with Gasteiger partial charge in [-0.25, -0.2) is 4.98 Å². The Bertz CT molecular complexity index is 972. The van der Waals surface area contributed by atoms with Gasteiger partial charge in [-0.15, -0.1) is 0 Å². The molecule has 1 aromatic heterocycles. The molecule has 138 valence electrons. The van der Waals surface area contributed by atoms with Crippen LogP contribution in [-0.4, -0.2) is 16.7 Å². The maximum atomic E-state index is 13.5. The van der Waals surface area contributed by atoms with Crippen molar-refractivity contribution in [3.05, 3.63) is 53.3 Å². The van der Waals surface area contributed by atoms with Crippen LogP contribution in [0, 0.1) is 6.92 Å². The third kappa shape index (κ3) is 3.09. The van der Waals surface area contributed by atoms with Crippen molar-refractivity contribution in [3.8, 4) is 11.4 Å². The number of nitrogens with zero attached hydrogens (tertiary/aromatic N) is 2. The summed E-state index contributed by atoms with van der Waals surface area (Å²) in [6.45, 7) is 1.54. The zero-order chi connectivity index (χ0) is 19.3. The van der Waals surface area contributed by atoms with Gasteiger partial charge < -0.3 is 4.74 Å². The molecule has 0 saturated carbocycles. The first-order chi connectivity index (χ1) is 12.0. The van der Waals surface area contributed by atoms with Crippen molar-refractivity contribution in [2.45, 2.75) is 19.3 Å². The van der Waals surface area contributed by atoms with Crippen molar-refractivity contribution in [2.24, 2.45) is 0 Å². The number of imidazole rings is 1. The molecule has 3 rings (SSSR count). The first kappa shape index (κ1) is 18.1. The van der Waals surface area contributed by atoms with Gasteiger partial charge >= 0.3 is 12.4 Å². The number of hydrogen-bond donors (Lipinski definition) is 0. The Balaban J connectivity index is 2.37. The van der Waals surface area contributed by atoms with E-state index in [1.165, 1.54) is 32.2 Å². The zero-order valence-corrected chi connectivity index (χ0v) is 13.5. The Morgan fingerprint density at radius 1 is 0.923 bits per heavy atom. The molecule has 1 heterocycles. The van der Waals surface area contributed by atoms with Crippen molar-refractivity contribution < 1.29 is 31.1 Å². The van der Waals surface area contributed by atoms with Gasteiger partial charge in [-0.2, -0.15) is 26.3 Å². The Morgan fingerprint density at radius 3 is 2.15 bits per heavy atom. The standard InChI is InChI=1S/C17H12F6N2O/c1-9-7-11(26-2)4-6-13(9)25-14-8-10(16(18,19)20)3-5-12(14)24-15(25)17(21,22)23/h3-8H,1-2H3. The summed E-state index contributed by atoms with van der Waals surface area (Å²) in [4.78, 5) is 3.51. The second-order valence-electron chi connectivity index (χ2n) is 5.62. The summed E-state index contributed by atoms with van der Waals surface area (Å²) in [5.41, 5.74) is -1.04. The van der Waals surface area contributed by atoms with Gasteiger partial charge in [0.15, 0.2) is 0 Å². The second kappa shape index (κ2) is 5.93. The van der Waals surface area contributed by atoms with E-state index in [9.17, 15) is 26.3 Å². The van der Waals surface area contributed by atoms with Crippen LogP contribution in [0.5, 0.6) is 5.75 Å². The topological polar surface area (TPSA) is 27.1 Å². The molecule has 0 bridgehead atoms. The summed E-state index contributed by atoms with van der Waals surface area (Å²) >= 11 is 0. The van der Waals surface area contributed by atoms with Gasteiger partial charge in [0, 0.05) is 0 Å². The quantitative estimate of drug-likeness (QED) is 0.563. The molecule has 0 amide bonds. The molecular formula is C17H12F6N2O. The molecule has 0 aliphatic heterocycles. The van der Waals surface area contributed by atoms with Gasteiger partial charge in [0.2, 0.25) is 5.82 Å². The number of rotatable bonds is 2. The van der Waals surface area contributed by atoms with Gasteiger partial charge in [0.1, 0.15) is 5.75 Å². The number of ether oxygens (including phenoxy) is 1. The summed E-state index contributed by atoms with van der Waals surface area (Å²) in [6.07, 6.45) is -9.53. The largest absolute Gasteiger partial charge is 0.497 e. The second-order valence-corrected chi connectivity index (χ2v) is 5.62. The Labute approximate surface area is 143 Å². The van der Waals surface area contributed by atoms with E-state index in [1.807, 2.05) is 0 Å². The molecule has 0 spiro atoms. The lowest BCUT2D eigenvalue weighted by atomic mass is 10.1. The molecule has 0 atom stereocenters. The van der Waals surface area contributed by atoms with Crippen LogP contribution in [0.3, 0.4) is 0 Å². The third-order valence-electron chi connectivity index (χ3n) is 3.88. The zero-order valence-electron chi connectivity index (χ0n) is 13.5. The number of benzene rings is 2. The minimum absolute atomic E-state index is 0.0694. The first-order valence-electron chi connectivity index (χ1n) is 7.34. The van der Waals surface area contributed by atoms with E-state index < -0.39 is 23.7 Å². The van der Waals surface area contributed by atoms with Crippen molar-refractivity contribution in [2.75, 3.05) is 7.11 Å². The molecule has 2 aromatic carbocycles. The van der Waals surface area contributed by atoms with E-state index in [0.717, 1.165) is 6.07 Å². The van der Waals surface area contributed by atoms with Crippen LogP contribution in [-0.2, 0) is 12.4 Å². The average molecular weight is 374 g/mol. The lowest BCUT2D eigenvalue weighted by Gasteiger charge is -2.15. The van der Waals surface area contributed by atoms with Crippen molar-refractivity contribution in [3.63, 3.8) is 0 Å². The SMILES string of the molecule is COc1ccc(-n2c(C(F)(F)F)nc3ccc(C(F)(F)F)cc32)c(C)c1. The summed E-state index contributed by atoms with van der Waals surface area (Å²) in [5.74, 6) is -0.875. The molecular weight excluding hydrogens is 362 g/mol. The van der Waals surface area contributed by atoms with Crippen LogP contribution < -0.4 is 4.74 Å². The normalized spacial score (nSPS) is 12.6. The fourth-order valence-corrected chi connectivity index (χ4v) is 2.69. The lowest BCUT2D eigenvalue weighted by Crippen LogP contribution is -2.14. The highest BCUT2D eigenvalue weighted by Gasteiger charge is 2.39. The minimum Gasteiger partial charge on any atom is -0.497 e. The van der Waals surface area contributed by atoms with Gasteiger partial charge in [-0.1, -0.05) is 0 Å². The highest BCUT2D eigenvalue weighted by atomic mass is 19.4. The number of fused-ring (bicyclic) bond motifs is 1. The van der Waals surface area contributed by atoms with E-state index in [0.29, 0.717) is 28.0 Å². The number of aryl methyl sites for hydroxylation is 1. The fourth-order valence-electron chi connectivity index (χ4n) is 2.69. The molecule has 0 unspecified atom stereocenters. The highest BCUT2D eigenvalue weighted by molar-refractivity contribution is 5.80. The van der Waals surface area contributed by atoms with E-state index in [-0.39, 0.29) is 16.7 Å². The van der Waals surface area contributed by atoms with Gasteiger partial charge in [-0.3, -0.25) is 4.57 Å². The van der Waals surface area contributed by atoms with Gasteiger partial charge in [-0.05, 0) is 48.9 Å². The van der Waals surface area contributed by atoms with Crippen LogP contribution in [0.25, 0.3) is 16.7 Å². The Hall–Kier alpha value is -2.71. The van der Waals surface area contributed by atoms with Crippen LogP contribution in [0.2, 0.25) is 0 Å². The third-order valence-corrected chi connectivity index (χ3v) is 3.88.